The number of sulfone groups is 1. The Bertz CT molecular complexity index is 798. The van der Waals surface area contributed by atoms with E-state index in [0.717, 1.165) is 21.9 Å². The van der Waals surface area contributed by atoms with Crippen molar-refractivity contribution in [2.75, 3.05) is 49.8 Å². The molecule has 156 valence electrons. The number of benzene rings is 1. The molecule has 0 spiro atoms. The highest BCUT2D eigenvalue weighted by atomic mass is 32.2. The summed E-state index contributed by atoms with van der Waals surface area (Å²) in [5, 5.41) is 2.90. The molecule has 2 amide bonds. The topological polar surface area (TPSA) is 88.0 Å². The fourth-order valence-corrected chi connectivity index (χ4v) is 5.70. The average molecular weight is 429 g/mol. The van der Waals surface area contributed by atoms with Gasteiger partial charge < -0.3 is 15.1 Å². The first-order valence-electron chi connectivity index (χ1n) is 9.49. The van der Waals surface area contributed by atoms with Crippen molar-refractivity contribution in [1.82, 2.24) is 4.90 Å². The molecule has 1 saturated heterocycles. The summed E-state index contributed by atoms with van der Waals surface area (Å²) in [6, 6.07) is 7.34. The fourth-order valence-electron chi connectivity index (χ4n) is 3.41. The van der Waals surface area contributed by atoms with Crippen LogP contribution in [0.25, 0.3) is 0 Å². The molecule has 1 fully saturated rings. The summed E-state index contributed by atoms with van der Waals surface area (Å²) in [5.41, 5.74) is 0.767. The van der Waals surface area contributed by atoms with Crippen LogP contribution in [-0.2, 0) is 19.4 Å². The summed E-state index contributed by atoms with van der Waals surface area (Å²) in [5.74, 6) is -0.0643. The second kappa shape index (κ2) is 10.3. The van der Waals surface area contributed by atoms with Crippen LogP contribution in [0.15, 0.2) is 29.2 Å². The number of anilines is 1. The third-order valence-corrected chi connectivity index (χ3v) is 7.28. The smallest absolute Gasteiger partial charge is 0.279 e. The molecule has 0 radical (unpaired) electrons. The van der Waals surface area contributed by atoms with Crippen LogP contribution >= 0.6 is 11.8 Å². The number of carbonyl (C=O) groups is 2. The Labute approximate surface area is 171 Å². The molecule has 9 heteroatoms. The maximum absolute atomic E-state index is 12.8. The Morgan fingerprint density at radius 3 is 2.61 bits per heavy atom. The standard InChI is InChI=1S/C19H29N3O4S2/c1-4-10-22(15-9-11-28(25,26)14-15)19(24)13-21(2)12-18(23)20-16-7-5-6-8-17(16)27-3/h5-8,15H,4,9-14H2,1-3H3,(H,20,23)/p+1/t15-/m1/s1. The number of amides is 2. The number of carbonyl (C=O) groups excluding carboxylic acids is 2. The number of rotatable bonds is 9. The Hall–Kier alpha value is -1.58. The third-order valence-electron chi connectivity index (χ3n) is 4.73. The molecule has 0 aromatic heterocycles. The van der Waals surface area contributed by atoms with Crippen LogP contribution in [0.3, 0.4) is 0 Å². The highest BCUT2D eigenvalue weighted by molar-refractivity contribution is 7.98. The zero-order valence-electron chi connectivity index (χ0n) is 16.7. The number of quaternary nitrogens is 1. The lowest BCUT2D eigenvalue weighted by atomic mass is 10.2. The first kappa shape index (κ1) is 22.7. The molecule has 1 aliphatic heterocycles. The highest BCUT2D eigenvalue weighted by Gasteiger charge is 2.35. The lowest BCUT2D eigenvalue weighted by molar-refractivity contribution is -0.862. The Balaban J connectivity index is 1.92. The van der Waals surface area contributed by atoms with E-state index >= 15 is 0 Å². The van der Waals surface area contributed by atoms with Crippen LogP contribution in [-0.4, -0.2) is 75.6 Å². The van der Waals surface area contributed by atoms with Gasteiger partial charge >= 0.3 is 0 Å². The van der Waals surface area contributed by atoms with Crippen LogP contribution in [0.5, 0.6) is 0 Å². The van der Waals surface area contributed by atoms with E-state index < -0.39 is 9.84 Å². The number of hydrogen-bond donors (Lipinski definition) is 2. The number of para-hydroxylation sites is 1. The van der Waals surface area contributed by atoms with Crippen LogP contribution < -0.4 is 10.2 Å². The van der Waals surface area contributed by atoms with Crippen molar-refractivity contribution in [3.05, 3.63) is 24.3 Å². The maximum Gasteiger partial charge on any atom is 0.279 e. The summed E-state index contributed by atoms with van der Waals surface area (Å²) in [4.78, 5) is 28.6. The number of likely N-dealkylation sites (N-methyl/N-ethyl adjacent to an activating group) is 1. The van der Waals surface area contributed by atoms with Gasteiger partial charge in [-0.1, -0.05) is 19.1 Å². The summed E-state index contributed by atoms with van der Waals surface area (Å²) < 4.78 is 23.5. The van der Waals surface area contributed by atoms with Gasteiger partial charge in [-0.15, -0.1) is 11.8 Å². The molecule has 2 N–H and O–H groups in total. The van der Waals surface area contributed by atoms with E-state index in [-0.39, 0.29) is 42.5 Å². The molecule has 1 unspecified atom stereocenters. The minimum atomic E-state index is -3.05. The molecule has 2 rings (SSSR count). The van der Waals surface area contributed by atoms with Crippen molar-refractivity contribution in [3.63, 3.8) is 0 Å². The summed E-state index contributed by atoms with van der Waals surface area (Å²) in [7, 11) is -1.25. The zero-order valence-corrected chi connectivity index (χ0v) is 18.4. The van der Waals surface area contributed by atoms with Gasteiger partial charge in [-0.05, 0) is 31.2 Å². The number of hydrogen-bond acceptors (Lipinski definition) is 5. The second-order valence-corrected chi connectivity index (χ2v) is 10.3. The molecular weight excluding hydrogens is 398 g/mol. The normalized spacial score (nSPS) is 19.2. The summed E-state index contributed by atoms with van der Waals surface area (Å²) in [6.07, 6.45) is 3.22. The molecule has 28 heavy (non-hydrogen) atoms. The van der Waals surface area contributed by atoms with Gasteiger partial charge in [0.05, 0.1) is 24.2 Å². The Kier molecular flexibility index (Phi) is 8.33. The van der Waals surface area contributed by atoms with Crippen molar-refractivity contribution >= 4 is 39.1 Å². The van der Waals surface area contributed by atoms with Crippen LogP contribution in [0.4, 0.5) is 5.69 Å². The number of nitrogens with zero attached hydrogens (tertiary/aromatic N) is 1. The predicted octanol–water partition coefficient (Wildman–Crippen LogP) is 0.287. The van der Waals surface area contributed by atoms with Gasteiger partial charge in [-0.3, -0.25) is 9.59 Å². The number of thioether (sulfide) groups is 1. The first-order valence-corrected chi connectivity index (χ1v) is 12.5. The summed E-state index contributed by atoms with van der Waals surface area (Å²) >= 11 is 1.56. The van der Waals surface area contributed by atoms with Gasteiger partial charge in [-0.2, -0.15) is 0 Å². The first-order chi connectivity index (χ1) is 13.3. The number of nitrogens with one attached hydrogen (secondary N) is 2. The van der Waals surface area contributed by atoms with Crippen molar-refractivity contribution in [1.29, 1.82) is 0 Å². The maximum atomic E-state index is 12.8. The van der Waals surface area contributed by atoms with Crippen LogP contribution in [0.2, 0.25) is 0 Å². The van der Waals surface area contributed by atoms with E-state index in [1.807, 2.05) is 37.4 Å². The zero-order chi connectivity index (χ0) is 20.7. The van der Waals surface area contributed by atoms with Gasteiger partial charge in [0, 0.05) is 17.5 Å². The van der Waals surface area contributed by atoms with E-state index in [9.17, 15) is 18.0 Å². The fraction of sp³-hybridized carbons (Fsp3) is 0.579. The minimum absolute atomic E-state index is 0.0454. The van der Waals surface area contributed by atoms with E-state index in [1.54, 1.807) is 23.7 Å². The van der Waals surface area contributed by atoms with E-state index in [1.165, 1.54) is 0 Å². The quantitative estimate of drug-likeness (QED) is 0.552. The molecule has 1 aliphatic rings. The molecule has 1 aromatic carbocycles. The average Bonchev–Trinajstić information content (AvgIpc) is 2.99. The predicted molar refractivity (Wildman–Crippen MR) is 113 cm³/mol. The van der Waals surface area contributed by atoms with Crippen molar-refractivity contribution in [3.8, 4) is 0 Å². The lowest BCUT2D eigenvalue weighted by Crippen LogP contribution is -3.11. The van der Waals surface area contributed by atoms with Gasteiger partial charge in [-0.25, -0.2) is 8.42 Å². The van der Waals surface area contributed by atoms with Crippen molar-refractivity contribution < 1.29 is 22.9 Å². The molecular formula is C19H30N3O4S2+. The molecule has 0 bridgehead atoms. The second-order valence-electron chi connectivity index (χ2n) is 7.20. The Morgan fingerprint density at radius 2 is 2.00 bits per heavy atom. The molecule has 7 nitrogen and oxygen atoms in total. The lowest BCUT2D eigenvalue weighted by Gasteiger charge is -2.28. The largest absolute Gasteiger partial charge is 0.334 e. The van der Waals surface area contributed by atoms with Crippen molar-refractivity contribution in [2.24, 2.45) is 0 Å². The van der Waals surface area contributed by atoms with E-state index in [0.29, 0.717) is 13.0 Å². The third kappa shape index (κ3) is 6.49. The molecule has 2 atom stereocenters. The van der Waals surface area contributed by atoms with E-state index in [2.05, 4.69) is 5.32 Å². The van der Waals surface area contributed by atoms with Gasteiger partial charge in [0.15, 0.2) is 22.9 Å². The Morgan fingerprint density at radius 1 is 1.29 bits per heavy atom. The van der Waals surface area contributed by atoms with Gasteiger partial charge in [0.1, 0.15) is 0 Å². The summed E-state index contributed by atoms with van der Waals surface area (Å²) in [6.45, 7) is 2.84. The SMILES string of the molecule is CCCN(C(=O)C[NH+](C)CC(=O)Nc1ccccc1SC)[C@@H]1CCS(=O)(=O)C1. The monoisotopic (exact) mass is 428 g/mol. The van der Waals surface area contributed by atoms with E-state index in [4.69, 9.17) is 0 Å². The van der Waals surface area contributed by atoms with Gasteiger partial charge in [0.2, 0.25) is 0 Å². The molecule has 0 saturated carbocycles. The van der Waals surface area contributed by atoms with Crippen molar-refractivity contribution in [2.45, 2.75) is 30.7 Å². The molecule has 1 aromatic rings. The molecule has 1 heterocycles. The van der Waals surface area contributed by atoms with Crippen LogP contribution in [0.1, 0.15) is 19.8 Å². The highest BCUT2D eigenvalue weighted by Crippen LogP contribution is 2.24. The molecule has 0 aliphatic carbocycles. The van der Waals surface area contributed by atoms with Crippen LogP contribution in [0, 0.1) is 0 Å². The van der Waals surface area contributed by atoms with Gasteiger partial charge in [0.25, 0.3) is 11.8 Å². The minimum Gasteiger partial charge on any atom is -0.334 e.